The Morgan fingerprint density at radius 2 is 1.73 bits per heavy atom. The molecule has 4 nitrogen and oxygen atoms in total. The minimum absolute atomic E-state index is 0.0825. The quantitative estimate of drug-likeness (QED) is 0.870. The summed E-state index contributed by atoms with van der Waals surface area (Å²) in [4.78, 5) is 14.7. The number of halogens is 1. The molecule has 4 saturated carbocycles. The molecule has 0 radical (unpaired) electrons. The summed E-state index contributed by atoms with van der Waals surface area (Å²) >= 11 is 0. The molecular formula is C21H26FNO3. The predicted octanol–water partition coefficient (Wildman–Crippen LogP) is 2.23. The van der Waals surface area contributed by atoms with Gasteiger partial charge >= 0.3 is 0 Å². The maximum Gasteiger partial charge on any atom is 0.223 e. The Kier molecular flexibility index (Phi) is 3.55. The Balaban J connectivity index is 1.53. The highest BCUT2D eigenvalue weighted by Crippen LogP contribution is 2.65. The number of likely N-dealkylation sites (tertiary alicyclic amines) is 1. The smallest absolute Gasteiger partial charge is 0.223 e. The average Bonchev–Trinajstić information content (AvgIpc) is 2.54. The van der Waals surface area contributed by atoms with Crippen molar-refractivity contribution in [2.75, 3.05) is 13.1 Å². The number of carbonyl (C=O) groups excluding carboxylic acids is 1. The van der Waals surface area contributed by atoms with E-state index in [2.05, 4.69) is 0 Å². The van der Waals surface area contributed by atoms with E-state index in [1.54, 1.807) is 4.90 Å². The number of hydrogen-bond acceptors (Lipinski definition) is 3. The lowest BCUT2D eigenvalue weighted by Gasteiger charge is -2.64. The summed E-state index contributed by atoms with van der Waals surface area (Å²) in [6, 6.07) is 6.68. The third-order valence-electron chi connectivity index (χ3n) is 7.65. The second-order valence-corrected chi connectivity index (χ2v) is 9.24. The highest BCUT2D eigenvalue weighted by Gasteiger charge is 2.62. The average molecular weight is 359 g/mol. The maximum absolute atomic E-state index is 13.6. The molecule has 1 saturated heterocycles. The first-order valence-electron chi connectivity index (χ1n) is 9.82. The minimum Gasteiger partial charge on any atom is -0.390 e. The number of nitrogens with zero attached hydrogens (tertiary/aromatic N) is 1. The Hall–Kier alpha value is -1.46. The zero-order valence-corrected chi connectivity index (χ0v) is 14.9. The van der Waals surface area contributed by atoms with Gasteiger partial charge in [0.1, 0.15) is 5.82 Å². The summed E-state index contributed by atoms with van der Waals surface area (Å²) in [7, 11) is 0. The van der Waals surface area contributed by atoms with Gasteiger partial charge in [-0.3, -0.25) is 4.79 Å². The lowest BCUT2D eigenvalue weighted by Crippen LogP contribution is -2.64. The van der Waals surface area contributed by atoms with Crippen molar-refractivity contribution in [1.82, 2.24) is 4.90 Å². The van der Waals surface area contributed by atoms with Crippen molar-refractivity contribution in [2.45, 2.75) is 55.6 Å². The molecule has 1 heterocycles. The molecule has 1 amide bonds. The third kappa shape index (κ3) is 2.36. The molecule has 1 aliphatic heterocycles. The van der Waals surface area contributed by atoms with E-state index in [9.17, 15) is 19.4 Å². The van der Waals surface area contributed by atoms with Crippen LogP contribution in [0, 0.1) is 23.6 Å². The van der Waals surface area contributed by atoms with Gasteiger partial charge in [-0.1, -0.05) is 12.1 Å². The van der Waals surface area contributed by atoms with Gasteiger partial charge < -0.3 is 15.1 Å². The van der Waals surface area contributed by atoms with Crippen molar-refractivity contribution in [3.63, 3.8) is 0 Å². The van der Waals surface area contributed by atoms with Gasteiger partial charge in [0.15, 0.2) is 0 Å². The van der Waals surface area contributed by atoms with E-state index in [0.29, 0.717) is 25.4 Å². The SMILES string of the molecule is O=C(C[C@]1(c2ccc(F)cc2)C2CC3CC1C[C@@](O)(C3)C2)N1CC(O)C1. The minimum atomic E-state index is -0.573. The molecule has 0 spiro atoms. The van der Waals surface area contributed by atoms with Crippen LogP contribution < -0.4 is 0 Å². The van der Waals surface area contributed by atoms with Crippen LogP contribution in [0.3, 0.4) is 0 Å². The van der Waals surface area contributed by atoms with Crippen LogP contribution in [-0.2, 0) is 10.2 Å². The van der Waals surface area contributed by atoms with Gasteiger partial charge in [-0.05, 0) is 67.6 Å². The van der Waals surface area contributed by atoms with E-state index in [0.717, 1.165) is 37.7 Å². The zero-order chi connectivity index (χ0) is 18.1. The number of amides is 1. The van der Waals surface area contributed by atoms with Crippen molar-refractivity contribution in [3.05, 3.63) is 35.6 Å². The predicted molar refractivity (Wildman–Crippen MR) is 93.8 cm³/mol. The fraction of sp³-hybridized carbons (Fsp3) is 0.667. The maximum atomic E-state index is 13.6. The van der Waals surface area contributed by atoms with Crippen LogP contribution in [0.15, 0.2) is 24.3 Å². The topological polar surface area (TPSA) is 60.8 Å². The summed E-state index contributed by atoms with van der Waals surface area (Å²) in [6.07, 6.45) is 4.48. The molecule has 4 aliphatic carbocycles. The lowest BCUT2D eigenvalue weighted by molar-refractivity contribution is -0.174. The van der Waals surface area contributed by atoms with Crippen LogP contribution in [-0.4, -0.2) is 45.8 Å². The molecule has 2 atom stereocenters. The fourth-order valence-corrected chi connectivity index (χ4v) is 6.70. The summed E-state index contributed by atoms with van der Waals surface area (Å²) in [5, 5.41) is 20.5. The van der Waals surface area contributed by atoms with Crippen LogP contribution in [0.25, 0.3) is 0 Å². The van der Waals surface area contributed by atoms with Gasteiger partial charge in [0, 0.05) is 24.9 Å². The van der Waals surface area contributed by atoms with Crippen molar-refractivity contribution in [1.29, 1.82) is 0 Å². The lowest BCUT2D eigenvalue weighted by atomic mass is 9.41. The van der Waals surface area contributed by atoms with Crippen LogP contribution >= 0.6 is 0 Å². The molecule has 5 aliphatic rings. The standard InChI is InChI=1S/C21H26FNO3/c22-17-3-1-14(2-4-17)21(10-19(25)23-11-18(24)12-23)15-5-13-6-16(21)9-20(26,7-13)8-15/h1-4,13,15-16,18,24,26H,5-12H2/t13?,15?,16?,20-,21+. The number of rotatable bonds is 3. The van der Waals surface area contributed by atoms with Gasteiger partial charge in [0.05, 0.1) is 11.7 Å². The van der Waals surface area contributed by atoms with E-state index in [-0.39, 0.29) is 29.0 Å². The second kappa shape index (κ2) is 5.52. The number of hydrogen-bond donors (Lipinski definition) is 2. The Labute approximate surface area is 153 Å². The molecule has 6 rings (SSSR count). The highest BCUT2D eigenvalue weighted by atomic mass is 19.1. The van der Waals surface area contributed by atoms with Gasteiger partial charge in [0.2, 0.25) is 5.91 Å². The number of β-amino-alcohol motifs (C(OH)–C–C–N with tert-alkyl or cyclic N) is 1. The molecule has 140 valence electrons. The number of aliphatic hydroxyl groups is 2. The largest absolute Gasteiger partial charge is 0.390 e. The summed E-state index contributed by atoms with van der Waals surface area (Å²) < 4.78 is 13.6. The van der Waals surface area contributed by atoms with Crippen molar-refractivity contribution in [3.8, 4) is 0 Å². The zero-order valence-electron chi connectivity index (χ0n) is 14.9. The monoisotopic (exact) mass is 359 g/mol. The number of carbonyl (C=O) groups is 1. The first-order valence-corrected chi connectivity index (χ1v) is 9.82. The van der Waals surface area contributed by atoms with Crippen LogP contribution in [0.4, 0.5) is 4.39 Å². The highest BCUT2D eigenvalue weighted by molar-refractivity contribution is 5.79. The van der Waals surface area contributed by atoms with Crippen LogP contribution in [0.1, 0.15) is 44.1 Å². The van der Waals surface area contributed by atoms with Crippen LogP contribution in [0.2, 0.25) is 0 Å². The summed E-state index contributed by atoms with van der Waals surface area (Å²) in [6.45, 7) is 0.834. The molecule has 0 aromatic heterocycles. The molecule has 1 aromatic carbocycles. The molecule has 4 bridgehead atoms. The first kappa shape index (κ1) is 16.7. The third-order valence-corrected chi connectivity index (χ3v) is 7.65. The Morgan fingerprint density at radius 1 is 1.12 bits per heavy atom. The molecule has 26 heavy (non-hydrogen) atoms. The second-order valence-electron chi connectivity index (χ2n) is 9.24. The van der Waals surface area contributed by atoms with Crippen LogP contribution in [0.5, 0.6) is 0 Å². The molecule has 5 heteroatoms. The van der Waals surface area contributed by atoms with Gasteiger partial charge in [-0.2, -0.15) is 0 Å². The Bertz CT molecular complexity index is 711. The summed E-state index contributed by atoms with van der Waals surface area (Å²) in [5.74, 6) is 0.897. The molecule has 2 N–H and O–H groups in total. The van der Waals surface area contributed by atoms with Crippen molar-refractivity contribution in [2.24, 2.45) is 17.8 Å². The molecule has 2 unspecified atom stereocenters. The number of benzene rings is 1. The normalized spacial score (nSPS) is 41.3. The molecule has 1 aromatic rings. The fourth-order valence-electron chi connectivity index (χ4n) is 6.70. The molecular weight excluding hydrogens is 333 g/mol. The van der Waals surface area contributed by atoms with E-state index in [1.807, 2.05) is 12.1 Å². The van der Waals surface area contributed by atoms with Crippen molar-refractivity contribution < 1.29 is 19.4 Å². The van der Waals surface area contributed by atoms with Crippen molar-refractivity contribution >= 4 is 5.91 Å². The number of aliphatic hydroxyl groups excluding tert-OH is 1. The van der Waals surface area contributed by atoms with E-state index in [1.165, 1.54) is 12.1 Å². The van der Waals surface area contributed by atoms with E-state index < -0.39 is 11.7 Å². The summed E-state index contributed by atoms with van der Waals surface area (Å²) in [5.41, 5.74) is 0.163. The van der Waals surface area contributed by atoms with Gasteiger partial charge in [-0.15, -0.1) is 0 Å². The van der Waals surface area contributed by atoms with Gasteiger partial charge in [-0.25, -0.2) is 4.39 Å². The van der Waals surface area contributed by atoms with E-state index in [4.69, 9.17) is 0 Å². The Morgan fingerprint density at radius 3 is 2.27 bits per heavy atom. The van der Waals surface area contributed by atoms with Gasteiger partial charge in [0.25, 0.3) is 0 Å². The molecule has 5 fully saturated rings. The van der Waals surface area contributed by atoms with E-state index >= 15 is 0 Å². The first-order chi connectivity index (χ1) is 12.4.